The Morgan fingerprint density at radius 3 is 2.55 bits per heavy atom. The highest BCUT2D eigenvalue weighted by molar-refractivity contribution is 7.18. The molecule has 0 bridgehead atoms. The number of carbonyl (C=O) groups is 1. The zero-order valence-electron chi connectivity index (χ0n) is 20.1. The van der Waals surface area contributed by atoms with Gasteiger partial charge in [0.15, 0.2) is 17.9 Å². The van der Waals surface area contributed by atoms with Crippen LogP contribution in [-0.2, 0) is 33.4 Å². The van der Waals surface area contributed by atoms with Gasteiger partial charge in [0.05, 0.1) is 35.4 Å². The van der Waals surface area contributed by atoms with Crippen LogP contribution in [0, 0.1) is 0 Å². The minimum absolute atomic E-state index is 0.0267. The predicted octanol–water partition coefficient (Wildman–Crippen LogP) is -0.251. The molecule has 4 heterocycles. The van der Waals surface area contributed by atoms with E-state index in [1.54, 1.807) is 0 Å². The molecule has 4 aromatic rings. The standard InChI is InChI=1S/C23H20F3N5O8S/c24-23(25,26)9-1-2-13-10(5-9)29-14(40-13)7-31-21(36)17-16(27-3-4-28-17)11(30-31)6-15(33)39-20-18(34)12(8-32)38-22(37)19(20)35/h1-5,12,18-20,22,32,34-35,37H,6-8H2/t12-,18-,19-,20?,22-/m1/s1. The Labute approximate surface area is 225 Å². The summed E-state index contributed by atoms with van der Waals surface area (Å²) in [6, 6.07) is 3.11. The second-order valence-corrected chi connectivity index (χ2v) is 9.93. The number of alkyl halides is 3. The van der Waals surface area contributed by atoms with E-state index in [0.717, 1.165) is 28.2 Å². The van der Waals surface area contributed by atoms with Crippen molar-refractivity contribution in [3.05, 3.63) is 57.2 Å². The van der Waals surface area contributed by atoms with Crippen molar-refractivity contribution < 1.29 is 47.9 Å². The molecule has 3 aromatic heterocycles. The van der Waals surface area contributed by atoms with Gasteiger partial charge in [-0.05, 0) is 18.2 Å². The lowest BCUT2D eigenvalue weighted by molar-refractivity contribution is -0.289. The number of esters is 1. The molecule has 0 aliphatic carbocycles. The largest absolute Gasteiger partial charge is 0.456 e. The van der Waals surface area contributed by atoms with Gasteiger partial charge in [0.1, 0.15) is 34.5 Å². The molecule has 5 rings (SSSR count). The van der Waals surface area contributed by atoms with E-state index in [9.17, 15) is 43.2 Å². The first-order valence-corrected chi connectivity index (χ1v) is 12.4. The Balaban J connectivity index is 1.44. The molecule has 1 saturated heterocycles. The molecule has 4 N–H and O–H groups in total. The molecule has 0 saturated carbocycles. The maximum atomic E-state index is 13.1. The number of thiazole rings is 1. The average Bonchev–Trinajstić information content (AvgIpc) is 3.32. The molecule has 1 aliphatic rings. The van der Waals surface area contributed by atoms with Gasteiger partial charge >= 0.3 is 12.1 Å². The van der Waals surface area contributed by atoms with E-state index in [2.05, 4.69) is 20.1 Å². The van der Waals surface area contributed by atoms with Gasteiger partial charge in [-0.1, -0.05) is 0 Å². The summed E-state index contributed by atoms with van der Waals surface area (Å²) in [4.78, 5) is 38.1. The van der Waals surface area contributed by atoms with Crippen LogP contribution in [0.4, 0.5) is 13.2 Å². The fourth-order valence-corrected chi connectivity index (χ4v) is 5.11. The molecule has 0 spiro atoms. The van der Waals surface area contributed by atoms with Gasteiger partial charge in [0.2, 0.25) is 0 Å². The average molecular weight is 584 g/mol. The molecule has 5 atom stereocenters. The fourth-order valence-electron chi connectivity index (χ4n) is 4.18. The van der Waals surface area contributed by atoms with Crippen LogP contribution in [0.15, 0.2) is 35.4 Å². The van der Waals surface area contributed by atoms with Gasteiger partial charge in [0.25, 0.3) is 5.56 Å². The van der Waals surface area contributed by atoms with Gasteiger partial charge in [0, 0.05) is 12.4 Å². The Bertz CT molecular complexity index is 1630. The van der Waals surface area contributed by atoms with Crippen LogP contribution in [0.5, 0.6) is 0 Å². The summed E-state index contributed by atoms with van der Waals surface area (Å²) in [7, 11) is 0. The molecule has 0 amide bonds. The van der Waals surface area contributed by atoms with Crippen LogP contribution in [0.3, 0.4) is 0 Å². The van der Waals surface area contributed by atoms with Crippen LogP contribution >= 0.6 is 11.3 Å². The highest BCUT2D eigenvalue weighted by atomic mass is 32.1. The molecule has 13 nitrogen and oxygen atoms in total. The number of aliphatic hydroxyl groups is 4. The number of aromatic nitrogens is 5. The number of rotatable bonds is 6. The van der Waals surface area contributed by atoms with Crippen molar-refractivity contribution >= 4 is 38.6 Å². The van der Waals surface area contributed by atoms with Crippen LogP contribution in [0.1, 0.15) is 16.3 Å². The number of ether oxygens (including phenoxy) is 2. The molecule has 0 radical (unpaired) electrons. The van der Waals surface area contributed by atoms with E-state index in [1.807, 2.05) is 0 Å². The maximum absolute atomic E-state index is 13.1. The van der Waals surface area contributed by atoms with E-state index >= 15 is 0 Å². The Kier molecular flexibility index (Phi) is 7.51. The molecule has 1 aromatic carbocycles. The first-order chi connectivity index (χ1) is 19.0. The first kappa shape index (κ1) is 27.9. The second-order valence-electron chi connectivity index (χ2n) is 8.81. The number of carbonyl (C=O) groups excluding carboxylic acids is 1. The van der Waals surface area contributed by atoms with Crippen LogP contribution in [0.2, 0.25) is 0 Å². The highest BCUT2D eigenvalue weighted by Crippen LogP contribution is 2.33. The maximum Gasteiger partial charge on any atom is 0.416 e. The fraction of sp³-hybridized carbons (Fsp3) is 0.391. The zero-order valence-corrected chi connectivity index (χ0v) is 20.9. The molecular formula is C23H20F3N5O8S. The van der Waals surface area contributed by atoms with Gasteiger partial charge in [-0.15, -0.1) is 11.3 Å². The van der Waals surface area contributed by atoms with Gasteiger partial charge in [-0.25, -0.2) is 14.6 Å². The van der Waals surface area contributed by atoms with Crippen molar-refractivity contribution in [3.63, 3.8) is 0 Å². The summed E-state index contributed by atoms with van der Waals surface area (Å²) in [5.41, 5.74) is -1.72. The van der Waals surface area contributed by atoms with E-state index in [4.69, 9.17) is 9.47 Å². The summed E-state index contributed by atoms with van der Waals surface area (Å²) >= 11 is 1.05. The van der Waals surface area contributed by atoms with Crippen molar-refractivity contribution in [1.29, 1.82) is 0 Å². The molecule has 1 aliphatic heterocycles. The summed E-state index contributed by atoms with van der Waals surface area (Å²) in [5.74, 6) is -1.03. The van der Waals surface area contributed by atoms with E-state index in [1.165, 1.54) is 18.5 Å². The number of hydrogen-bond acceptors (Lipinski definition) is 13. The zero-order chi connectivity index (χ0) is 28.8. The molecule has 40 heavy (non-hydrogen) atoms. The first-order valence-electron chi connectivity index (χ1n) is 11.6. The van der Waals surface area contributed by atoms with Gasteiger partial charge < -0.3 is 29.9 Å². The Morgan fingerprint density at radius 2 is 1.85 bits per heavy atom. The van der Waals surface area contributed by atoms with Crippen LogP contribution < -0.4 is 5.56 Å². The molecule has 17 heteroatoms. The molecule has 1 fully saturated rings. The Hall–Kier alpha value is -3.61. The van der Waals surface area contributed by atoms with Gasteiger partial charge in [-0.3, -0.25) is 14.6 Å². The van der Waals surface area contributed by atoms with E-state index < -0.39 is 67.0 Å². The summed E-state index contributed by atoms with van der Waals surface area (Å²) in [6.07, 6.45) is -11.0. The van der Waals surface area contributed by atoms with Gasteiger partial charge in [-0.2, -0.15) is 18.3 Å². The van der Waals surface area contributed by atoms with Crippen molar-refractivity contribution in [2.45, 2.75) is 49.8 Å². The van der Waals surface area contributed by atoms with Crippen molar-refractivity contribution in [1.82, 2.24) is 24.7 Å². The summed E-state index contributed by atoms with van der Waals surface area (Å²) < 4.78 is 50.7. The third-order valence-corrected chi connectivity index (χ3v) is 7.14. The van der Waals surface area contributed by atoms with Crippen LogP contribution in [-0.4, -0.2) is 88.4 Å². The summed E-state index contributed by atoms with van der Waals surface area (Å²) in [6.45, 7) is -0.981. The summed E-state index contributed by atoms with van der Waals surface area (Å²) in [5, 5.41) is 44.0. The van der Waals surface area contributed by atoms with Crippen molar-refractivity contribution in [2.75, 3.05) is 6.61 Å². The number of benzene rings is 1. The second kappa shape index (κ2) is 10.8. The van der Waals surface area contributed by atoms with Crippen molar-refractivity contribution in [3.8, 4) is 0 Å². The SMILES string of the molecule is O=C(Cc1nn(Cc2nc3cc(C(F)(F)F)ccc3s2)c(=O)c2nccnc12)OC1[C@@H](O)[C@H](O)O[C@H](CO)[C@H]1O. The lowest BCUT2D eigenvalue weighted by Gasteiger charge is -2.39. The highest BCUT2D eigenvalue weighted by Gasteiger charge is 2.46. The third-order valence-electron chi connectivity index (χ3n) is 6.11. The van der Waals surface area contributed by atoms with E-state index in [-0.39, 0.29) is 33.8 Å². The third kappa shape index (κ3) is 5.38. The number of hydrogen-bond donors (Lipinski definition) is 4. The van der Waals surface area contributed by atoms with Crippen molar-refractivity contribution in [2.24, 2.45) is 0 Å². The molecule has 212 valence electrons. The lowest BCUT2D eigenvalue weighted by atomic mass is 9.99. The smallest absolute Gasteiger partial charge is 0.416 e. The number of aliphatic hydroxyl groups excluding tert-OH is 4. The molecule has 1 unspecified atom stereocenters. The minimum atomic E-state index is -4.55. The van der Waals surface area contributed by atoms with Crippen LogP contribution in [0.25, 0.3) is 21.3 Å². The number of nitrogens with zero attached hydrogens (tertiary/aromatic N) is 5. The Morgan fingerprint density at radius 1 is 1.12 bits per heavy atom. The topological polar surface area (TPSA) is 190 Å². The molecular weight excluding hydrogens is 563 g/mol. The quantitative estimate of drug-likeness (QED) is 0.218. The monoisotopic (exact) mass is 583 g/mol. The number of halogens is 3. The normalized spacial score (nSPS) is 23.5. The predicted molar refractivity (Wildman–Crippen MR) is 129 cm³/mol. The number of fused-ring (bicyclic) bond motifs is 2. The minimum Gasteiger partial charge on any atom is -0.456 e. The lowest BCUT2D eigenvalue weighted by Crippen LogP contribution is -2.59. The van der Waals surface area contributed by atoms with E-state index in [0.29, 0.717) is 4.70 Å².